The normalized spacial score (nSPS) is 10.7. The van der Waals surface area contributed by atoms with E-state index in [1.807, 2.05) is 25.9 Å². The quantitative estimate of drug-likeness (QED) is 0.812. The second-order valence-corrected chi connectivity index (χ2v) is 5.52. The Hall–Kier alpha value is -2.11. The van der Waals surface area contributed by atoms with E-state index in [9.17, 15) is 0 Å². The van der Waals surface area contributed by atoms with Gasteiger partial charge < -0.3 is 9.80 Å². The molecule has 0 bridgehead atoms. The lowest BCUT2D eigenvalue weighted by Crippen LogP contribution is -2.25. The molecular weight excluding hydrogens is 264 g/mol. The summed E-state index contributed by atoms with van der Waals surface area (Å²) in [6, 6.07) is 2.11. The van der Waals surface area contributed by atoms with Crippen molar-refractivity contribution in [2.45, 2.75) is 26.8 Å². The van der Waals surface area contributed by atoms with Crippen molar-refractivity contribution >= 4 is 11.6 Å². The first kappa shape index (κ1) is 15.3. The van der Waals surface area contributed by atoms with Gasteiger partial charge in [-0.05, 0) is 26.3 Å². The van der Waals surface area contributed by atoms with Gasteiger partial charge >= 0.3 is 0 Å². The van der Waals surface area contributed by atoms with Gasteiger partial charge in [0.15, 0.2) is 11.6 Å². The van der Waals surface area contributed by atoms with E-state index in [-0.39, 0.29) is 0 Å². The molecule has 0 amide bonds. The Kier molecular flexibility index (Phi) is 4.77. The molecule has 2 heterocycles. The molecule has 2 aromatic rings. The molecule has 0 fully saturated rings. The van der Waals surface area contributed by atoms with E-state index >= 15 is 0 Å². The molecule has 0 radical (unpaired) electrons. The van der Waals surface area contributed by atoms with E-state index in [0.29, 0.717) is 0 Å². The van der Waals surface area contributed by atoms with Gasteiger partial charge in [0.1, 0.15) is 0 Å². The number of aryl methyl sites for hydroxylation is 3. The highest BCUT2D eigenvalue weighted by atomic mass is 15.3. The van der Waals surface area contributed by atoms with Crippen molar-refractivity contribution in [3.8, 4) is 0 Å². The van der Waals surface area contributed by atoms with Crippen molar-refractivity contribution in [3.05, 3.63) is 29.8 Å². The van der Waals surface area contributed by atoms with Gasteiger partial charge in [0.05, 0.1) is 5.69 Å². The standard InChI is InChI=1S/C15H24N6/c1-12-11-13(2)21(18-12)10-6-9-20(5)15-14(19(3)4)16-7-8-17-15/h7-8,11H,6,9-10H2,1-5H3. The van der Waals surface area contributed by atoms with Crippen LogP contribution >= 0.6 is 0 Å². The Bertz CT molecular complexity index is 590. The van der Waals surface area contributed by atoms with Crippen molar-refractivity contribution in [1.29, 1.82) is 0 Å². The Labute approximate surface area is 126 Å². The molecule has 0 aromatic carbocycles. The number of hydrogen-bond acceptors (Lipinski definition) is 5. The van der Waals surface area contributed by atoms with Crippen LogP contribution < -0.4 is 9.80 Å². The molecule has 0 spiro atoms. The zero-order valence-corrected chi connectivity index (χ0v) is 13.5. The molecule has 0 aliphatic carbocycles. The fourth-order valence-corrected chi connectivity index (χ4v) is 2.37. The second kappa shape index (κ2) is 6.56. The number of aromatic nitrogens is 4. The first-order valence-electron chi connectivity index (χ1n) is 7.19. The molecule has 2 aromatic heterocycles. The van der Waals surface area contributed by atoms with E-state index < -0.39 is 0 Å². The summed E-state index contributed by atoms with van der Waals surface area (Å²) in [7, 11) is 6.02. The molecule has 0 saturated heterocycles. The predicted molar refractivity (Wildman–Crippen MR) is 85.9 cm³/mol. The third-order valence-corrected chi connectivity index (χ3v) is 3.41. The monoisotopic (exact) mass is 288 g/mol. The van der Waals surface area contributed by atoms with Crippen LogP contribution in [0.15, 0.2) is 18.5 Å². The topological polar surface area (TPSA) is 50.1 Å². The van der Waals surface area contributed by atoms with Crippen LogP contribution in [0.2, 0.25) is 0 Å². The number of nitrogens with zero attached hydrogens (tertiary/aromatic N) is 6. The van der Waals surface area contributed by atoms with Gasteiger partial charge in [-0.1, -0.05) is 0 Å². The molecule has 114 valence electrons. The van der Waals surface area contributed by atoms with Crippen LogP contribution in [0.5, 0.6) is 0 Å². The molecule has 0 saturated carbocycles. The van der Waals surface area contributed by atoms with Crippen molar-refractivity contribution in [2.75, 3.05) is 37.5 Å². The molecule has 0 N–H and O–H groups in total. The van der Waals surface area contributed by atoms with E-state index in [2.05, 4.69) is 44.7 Å². The van der Waals surface area contributed by atoms with Crippen LogP contribution in [0, 0.1) is 13.8 Å². The van der Waals surface area contributed by atoms with E-state index in [1.54, 1.807) is 12.4 Å². The Balaban J connectivity index is 1.96. The Morgan fingerprint density at radius 2 is 1.71 bits per heavy atom. The van der Waals surface area contributed by atoms with Gasteiger partial charge in [-0.15, -0.1) is 0 Å². The van der Waals surface area contributed by atoms with Crippen molar-refractivity contribution in [2.24, 2.45) is 0 Å². The van der Waals surface area contributed by atoms with Crippen LogP contribution in [0.25, 0.3) is 0 Å². The van der Waals surface area contributed by atoms with Crippen LogP contribution in [0.1, 0.15) is 17.8 Å². The lowest BCUT2D eigenvalue weighted by atomic mass is 10.3. The molecular formula is C15H24N6. The first-order chi connectivity index (χ1) is 9.99. The highest BCUT2D eigenvalue weighted by Gasteiger charge is 2.11. The Morgan fingerprint density at radius 3 is 2.29 bits per heavy atom. The largest absolute Gasteiger partial charge is 0.360 e. The molecule has 6 nitrogen and oxygen atoms in total. The maximum absolute atomic E-state index is 4.49. The van der Waals surface area contributed by atoms with E-state index in [4.69, 9.17) is 0 Å². The molecule has 6 heteroatoms. The summed E-state index contributed by atoms with van der Waals surface area (Å²) in [6.45, 7) is 5.95. The average molecular weight is 288 g/mol. The van der Waals surface area contributed by atoms with Crippen LogP contribution in [0.4, 0.5) is 11.6 Å². The lowest BCUT2D eigenvalue weighted by molar-refractivity contribution is 0.561. The summed E-state index contributed by atoms with van der Waals surface area (Å²) < 4.78 is 2.06. The number of hydrogen-bond donors (Lipinski definition) is 0. The maximum atomic E-state index is 4.49. The average Bonchev–Trinajstić information content (AvgIpc) is 2.77. The summed E-state index contributed by atoms with van der Waals surface area (Å²) in [5.41, 5.74) is 2.29. The van der Waals surface area contributed by atoms with Gasteiger partial charge in [0.2, 0.25) is 0 Å². The fourth-order valence-electron chi connectivity index (χ4n) is 2.37. The zero-order chi connectivity index (χ0) is 15.4. The third-order valence-electron chi connectivity index (χ3n) is 3.41. The summed E-state index contributed by atoms with van der Waals surface area (Å²) in [4.78, 5) is 13.0. The summed E-state index contributed by atoms with van der Waals surface area (Å²) in [5, 5.41) is 4.49. The van der Waals surface area contributed by atoms with E-state index in [0.717, 1.165) is 36.8 Å². The van der Waals surface area contributed by atoms with Gasteiger partial charge in [-0.3, -0.25) is 4.68 Å². The highest BCUT2D eigenvalue weighted by Crippen LogP contribution is 2.21. The SMILES string of the molecule is Cc1cc(C)n(CCCN(C)c2nccnc2N(C)C)n1. The van der Waals surface area contributed by atoms with E-state index in [1.165, 1.54) is 5.69 Å². The fraction of sp³-hybridized carbons (Fsp3) is 0.533. The number of anilines is 2. The predicted octanol–water partition coefficient (Wildman–Crippen LogP) is 1.88. The van der Waals surface area contributed by atoms with Gasteiger partial charge in [0.25, 0.3) is 0 Å². The van der Waals surface area contributed by atoms with Crippen LogP contribution in [-0.4, -0.2) is 47.4 Å². The minimum absolute atomic E-state index is 0.895. The van der Waals surface area contributed by atoms with Crippen LogP contribution in [0.3, 0.4) is 0 Å². The molecule has 0 aliphatic heterocycles. The Morgan fingerprint density at radius 1 is 1.05 bits per heavy atom. The minimum Gasteiger partial charge on any atom is -0.360 e. The molecule has 0 aliphatic rings. The van der Waals surface area contributed by atoms with Gasteiger partial charge in [-0.2, -0.15) is 5.10 Å². The molecule has 21 heavy (non-hydrogen) atoms. The summed E-state index contributed by atoms with van der Waals surface area (Å²) in [6.07, 6.45) is 4.48. The number of rotatable bonds is 6. The zero-order valence-electron chi connectivity index (χ0n) is 13.5. The lowest BCUT2D eigenvalue weighted by Gasteiger charge is -2.23. The van der Waals surface area contributed by atoms with Crippen molar-refractivity contribution < 1.29 is 0 Å². The summed E-state index contributed by atoms with van der Waals surface area (Å²) in [5.74, 6) is 1.81. The summed E-state index contributed by atoms with van der Waals surface area (Å²) >= 11 is 0. The smallest absolute Gasteiger partial charge is 0.171 e. The van der Waals surface area contributed by atoms with Crippen molar-refractivity contribution in [1.82, 2.24) is 19.7 Å². The van der Waals surface area contributed by atoms with Crippen molar-refractivity contribution in [3.63, 3.8) is 0 Å². The maximum Gasteiger partial charge on any atom is 0.171 e. The molecule has 0 unspecified atom stereocenters. The van der Waals surface area contributed by atoms with Crippen LogP contribution in [-0.2, 0) is 6.54 Å². The third kappa shape index (κ3) is 3.71. The molecule has 2 rings (SSSR count). The first-order valence-corrected chi connectivity index (χ1v) is 7.19. The highest BCUT2D eigenvalue weighted by molar-refractivity contribution is 5.60. The molecule has 0 atom stereocenters. The minimum atomic E-state index is 0.895. The van der Waals surface area contributed by atoms with Gasteiger partial charge in [0, 0.05) is 52.3 Å². The second-order valence-electron chi connectivity index (χ2n) is 5.52. The van der Waals surface area contributed by atoms with Gasteiger partial charge in [-0.25, -0.2) is 9.97 Å².